The van der Waals surface area contributed by atoms with Crippen LogP contribution in [0.3, 0.4) is 0 Å². The van der Waals surface area contributed by atoms with Crippen LogP contribution in [-0.4, -0.2) is 28.7 Å². The fourth-order valence-corrected chi connectivity index (χ4v) is 3.21. The van der Waals surface area contributed by atoms with Gasteiger partial charge in [0.05, 0.1) is 41.2 Å². The lowest BCUT2D eigenvalue weighted by molar-refractivity contribution is -0.116. The van der Waals surface area contributed by atoms with Crippen LogP contribution < -0.4 is 20.3 Å². The van der Waals surface area contributed by atoms with Crippen LogP contribution in [0.2, 0.25) is 5.02 Å². The Hall–Kier alpha value is -3.06. The number of hydrogen-bond donors (Lipinski definition) is 1. The number of aromatic nitrogens is 2. The van der Waals surface area contributed by atoms with Gasteiger partial charge in [-0.3, -0.25) is 14.2 Å². The summed E-state index contributed by atoms with van der Waals surface area (Å²) in [6, 6.07) is 8.68. The zero-order valence-corrected chi connectivity index (χ0v) is 16.0. The van der Waals surface area contributed by atoms with E-state index in [0.717, 1.165) is 12.0 Å². The van der Waals surface area contributed by atoms with Gasteiger partial charge in [-0.15, -0.1) is 0 Å². The summed E-state index contributed by atoms with van der Waals surface area (Å²) in [4.78, 5) is 29.4. The first-order valence-electron chi connectivity index (χ1n) is 8.86. The monoisotopic (exact) mass is 399 g/mol. The van der Waals surface area contributed by atoms with Crippen LogP contribution in [0, 0.1) is 6.92 Å². The molecule has 3 aromatic rings. The Bertz CT molecular complexity index is 1130. The molecular weight excluding hydrogens is 382 g/mol. The number of benzene rings is 2. The van der Waals surface area contributed by atoms with E-state index in [1.54, 1.807) is 24.3 Å². The third-order valence-electron chi connectivity index (χ3n) is 4.40. The predicted octanol–water partition coefficient (Wildman–Crippen LogP) is 3.16. The highest BCUT2D eigenvalue weighted by Crippen LogP contribution is 2.37. The van der Waals surface area contributed by atoms with Crippen molar-refractivity contribution in [2.24, 2.45) is 0 Å². The summed E-state index contributed by atoms with van der Waals surface area (Å²) < 4.78 is 12.5. The molecule has 1 aliphatic heterocycles. The summed E-state index contributed by atoms with van der Waals surface area (Å²) in [6.45, 7) is 2.79. The molecule has 0 saturated carbocycles. The highest BCUT2D eigenvalue weighted by molar-refractivity contribution is 6.34. The van der Waals surface area contributed by atoms with Gasteiger partial charge in [-0.2, -0.15) is 0 Å². The quantitative estimate of drug-likeness (QED) is 0.731. The standard InChI is InChI=1S/C20H18ClN3O4/c1-12-3-4-15-13(7-12)20(26)24(11-22-15)10-19(25)23-16-9-18-17(8-14(16)21)27-5-2-6-28-18/h3-4,7-9,11H,2,5-6,10H2,1H3,(H,23,25). The predicted molar refractivity (Wildman–Crippen MR) is 106 cm³/mol. The summed E-state index contributed by atoms with van der Waals surface area (Å²) in [7, 11) is 0. The number of fused-ring (bicyclic) bond motifs is 2. The van der Waals surface area contributed by atoms with Gasteiger partial charge in [0.15, 0.2) is 11.5 Å². The number of carbonyl (C=O) groups is 1. The van der Waals surface area contributed by atoms with Crippen LogP contribution in [0.1, 0.15) is 12.0 Å². The molecule has 1 amide bonds. The van der Waals surface area contributed by atoms with Crippen LogP contribution in [0.4, 0.5) is 5.69 Å². The minimum atomic E-state index is -0.396. The van der Waals surface area contributed by atoms with Crippen LogP contribution in [0.5, 0.6) is 11.5 Å². The second-order valence-corrected chi connectivity index (χ2v) is 6.98. The number of nitrogens with one attached hydrogen (secondary N) is 1. The van der Waals surface area contributed by atoms with Crippen LogP contribution in [0.25, 0.3) is 10.9 Å². The number of ether oxygens (including phenoxy) is 2. The Balaban J connectivity index is 1.57. The minimum absolute atomic E-state index is 0.180. The number of halogens is 1. The van der Waals surface area contributed by atoms with Crippen molar-refractivity contribution < 1.29 is 14.3 Å². The molecule has 2 heterocycles. The third kappa shape index (κ3) is 3.66. The topological polar surface area (TPSA) is 82.5 Å². The number of nitrogens with zero attached hydrogens (tertiary/aromatic N) is 2. The summed E-state index contributed by atoms with van der Waals surface area (Å²) in [5, 5.41) is 3.53. The summed E-state index contributed by atoms with van der Waals surface area (Å²) in [6.07, 6.45) is 2.14. The average Bonchev–Trinajstić information content (AvgIpc) is 2.89. The van der Waals surface area contributed by atoms with E-state index in [2.05, 4.69) is 10.3 Å². The number of hydrogen-bond acceptors (Lipinski definition) is 5. The van der Waals surface area contributed by atoms with E-state index in [1.165, 1.54) is 10.9 Å². The molecule has 0 unspecified atom stereocenters. The van der Waals surface area contributed by atoms with Gasteiger partial charge in [-0.25, -0.2) is 4.98 Å². The largest absolute Gasteiger partial charge is 0.490 e. The van der Waals surface area contributed by atoms with Crippen molar-refractivity contribution in [1.82, 2.24) is 9.55 Å². The fourth-order valence-electron chi connectivity index (χ4n) is 3.01. The van der Waals surface area contributed by atoms with E-state index < -0.39 is 5.91 Å². The number of aryl methyl sites for hydroxylation is 1. The van der Waals surface area contributed by atoms with Crippen LogP contribution in [-0.2, 0) is 11.3 Å². The molecular formula is C20H18ClN3O4. The van der Waals surface area contributed by atoms with E-state index in [9.17, 15) is 9.59 Å². The van der Waals surface area contributed by atoms with Gasteiger partial charge in [0.2, 0.25) is 5.91 Å². The van der Waals surface area contributed by atoms with Gasteiger partial charge < -0.3 is 14.8 Å². The first kappa shape index (κ1) is 18.3. The smallest absolute Gasteiger partial charge is 0.261 e. The van der Waals surface area contributed by atoms with Crippen molar-refractivity contribution in [2.75, 3.05) is 18.5 Å². The Morgan fingerprint density at radius 2 is 1.96 bits per heavy atom. The Kier molecular flexibility index (Phi) is 4.92. The first-order valence-corrected chi connectivity index (χ1v) is 9.24. The van der Waals surface area contributed by atoms with Crippen molar-refractivity contribution in [3.63, 3.8) is 0 Å². The molecule has 0 bridgehead atoms. The molecule has 4 rings (SSSR count). The molecule has 0 spiro atoms. The van der Waals surface area contributed by atoms with E-state index in [1.807, 2.05) is 13.0 Å². The van der Waals surface area contributed by atoms with E-state index in [-0.39, 0.29) is 12.1 Å². The van der Waals surface area contributed by atoms with Gasteiger partial charge in [-0.1, -0.05) is 23.2 Å². The van der Waals surface area contributed by atoms with Gasteiger partial charge >= 0.3 is 0 Å². The zero-order chi connectivity index (χ0) is 19.7. The second-order valence-electron chi connectivity index (χ2n) is 6.58. The molecule has 28 heavy (non-hydrogen) atoms. The number of anilines is 1. The maximum atomic E-state index is 12.6. The molecule has 1 aliphatic rings. The Morgan fingerprint density at radius 3 is 2.75 bits per heavy atom. The normalized spacial score (nSPS) is 13.2. The van der Waals surface area contributed by atoms with E-state index in [0.29, 0.717) is 46.3 Å². The second kappa shape index (κ2) is 7.52. The maximum Gasteiger partial charge on any atom is 0.261 e. The summed E-state index contributed by atoms with van der Waals surface area (Å²) in [5.41, 5.74) is 1.67. The van der Waals surface area contributed by atoms with E-state index >= 15 is 0 Å². The van der Waals surface area contributed by atoms with Crippen molar-refractivity contribution in [3.8, 4) is 11.5 Å². The molecule has 0 fully saturated rings. The molecule has 8 heteroatoms. The SMILES string of the molecule is Cc1ccc2ncn(CC(=O)Nc3cc4c(cc3Cl)OCCCO4)c(=O)c2c1. The van der Waals surface area contributed by atoms with Crippen LogP contribution in [0.15, 0.2) is 41.5 Å². The van der Waals surface area contributed by atoms with Crippen molar-refractivity contribution >= 4 is 34.1 Å². The zero-order valence-electron chi connectivity index (χ0n) is 15.2. The highest BCUT2D eigenvalue weighted by Gasteiger charge is 2.16. The lowest BCUT2D eigenvalue weighted by Crippen LogP contribution is -2.28. The number of carbonyl (C=O) groups excluding carboxylic acids is 1. The average molecular weight is 400 g/mol. The molecule has 0 radical (unpaired) electrons. The molecule has 1 aromatic heterocycles. The Labute approximate surface area is 165 Å². The Morgan fingerprint density at radius 1 is 1.21 bits per heavy atom. The minimum Gasteiger partial charge on any atom is -0.490 e. The molecule has 0 saturated heterocycles. The molecule has 0 aliphatic carbocycles. The van der Waals surface area contributed by atoms with Crippen molar-refractivity contribution in [2.45, 2.75) is 19.9 Å². The van der Waals surface area contributed by atoms with E-state index in [4.69, 9.17) is 21.1 Å². The number of amides is 1. The lowest BCUT2D eigenvalue weighted by atomic mass is 10.2. The van der Waals surface area contributed by atoms with Crippen LogP contribution >= 0.6 is 11.6 Å². The van der Waals surface area contributed by atoms with Crippen molar-refractivity contribution in [3.05, 3.63) is 57.6 Å². The number of rotatable bonds is 3. The molecule has 1 N–H and O–H groups in total. The molecule has 144 valence electrons. The van der Waals surface area contributed by atoms with Crippen molar-refractivity contribution in [1.29, 1.82) is 0 Å². The first-order chi connectivity index (χ1) is 13.5. The molecule has 2 aromatic carbocycles. The molecule has 7 nitrogen and oxygen atoms in total. The van der Waals surface area contributed by atoms with Gasteiger partial charge in [0, 0.05) is 18.6 Å². The highest BCUT2D eigenvalue weighted by atomic mass is 35.5. The van der Waals surface area contributed by atoms with Gasteiger partial charge in [0.1, 0.15) is 6.54 Å². The lowest BCUT2D eigenvalue weighted by Gasteiger charge is -2.13. The summed E-state index contributed by atoms with van der Waals surface area (Å²) >= 11 is 6.26. The maximum absolute atomic E-state index is 12.6. The summed E-state index contributed by atoms with van der Waals surface area (Å²) in [5.74, 6) is 0.676. The third-order valence-corrected chi connectivity index (χ3v) is 4.72. The van der Waals surface area contributed by atoms with Gasteiger partial charge in [0.25, 0.3) is 5.56 Å². The van der Waals surface area contributed by atoms with Gasteiger partial charge in [-0.05, 0) is 19.1 Å². The molecule has 0 atom stereocenters. The fraction of sp³-hybridized carbons (Fsp3) is 0.250.